The van der Waals surface area contributed by atoms with Crippen LogP contribution in [0.5, 0.6) is 5.75 Å². The number of benzene rings is 3. The summed E-state index contributed by atoms with van der Waals surface area (Å²) in [5.41, 5.74) is 4.55. The lowest BCUT2D eigenvalue weighted by atomic mass is 10.1. The normalized spacial score (nSPS) is 11.2. The van der Waals surface area contributed by atoms with E-state index in [1.807, 2.05) is 30.3 Å². The van der Waals surface area contributed by atoms with Crippen LogP contribution in [0.4, 0.5) is 0 Å². The Morgan fingerprint density at radius 3 is 2.35 bits per heavy atom. The molecular formula is C24H20IN3O3. The third-order valence-corrected chi connectivity index (χ3v) is 4.85. The highest BCUT2D eigenvalue weighted by Gasteiger charge is 2.14. The van der Waals surface area contributed by atoms with Crippen LogP contribution in [-0.4, -0.2) is 25.1 Å². The fourth-order valence-electron chi connectivity index (χ4n) is 2.62. The maximum absolute atomic E-state index is 12.8. The van der Waals surface area contributed by atoms with E-state index >= 15 is 0 Å². The minimum atomic E-state index is -0.540. The standard InChI is InChI=1S/C24H20IN3O3/c1-31-21-12-10-17(11-13-21)15-22(27-23(29)19-7-3-2-4-8-19)24(30)28-26-16-18-6-5-9-20(25)14-18/h2-16H,1H3,(H,27,29)(H,28,30)/b22-15-,26-16-. The summed E-state index contributed by atoms with van der Waals surface area (Å²) in [6, 6.07) is 23.5. The van der Waals surface area contributed by atoms with E-state index in [2.05, 4.69) is 38.4 Å². The van der Waals surface area contributed by atoms with Gasteiger partial charge in [-0.3, -0.25) is 9.59 Å². The maximum Gasteiger partial charge on any atom is 0.287 e. The van der Waals surface area contributed by atoms with Crippen LogP contribution in [-0.2, 0) is 4.79 Å². The van der Waals surface area contributed by atoms with Gasteiger partial charge in [0.15, 0.2) is 0 Å². The van der Waals surface area contributed by atoms with Gasteiger partial charge in [0.05, 0.1) is 13.3 Å². The summed E-state index contributed by atoms with van der Waals surface area (Å²) in [6.45, 7) is 0. The van der Waals surface area contributed by atoms with Gasteiger partial charge in [0.25, 0.3) is 11.8 Å². The van der Waals surface area contributed by atoms with Crippen molar-refractivity contribution in [1.82, 2.24) is 10.7 Å². The highest BCUT2D eigenvalue weighted by atomic mass is 127. The maximum atomic E-state index is 12.8. The van der Waals surface area contributed by atoms with E-state index in [1.165, 1.54) is 0 Å². The van der Waals surface area contributed by atoms with Crippen molar-refractivity contribution in [2.75, 3.05) is 7.11 Å². The smallest absolute Gasteiger partial charge is 0.287 e. The minimum absolute atomic E-state index is 0.0683. The van der Waals surface area contributed by atoms with Crippen LogP contribution in [0.2, 0.25) is 0 Å². The lowest BCUT2D eigenvalue weighted by Gasteiger charge is -2.09. The highest BCUT2D eigenvalue weighted by molar-refractivity contribution is 14.1. The molecule has 0 atom stereocenters. The van der Waals surface area contributed by atoms with Gasteiger partial charge >= 0.3 is 0 Å². The van der Waals surface area contributed by atoms with Crippen molar-refractivity contribution in [3.63, 3.8) is 0 Å². The predicted molar refractivity (Wildman–Crippen MR) is 130 cm³/mol. The van der Waals surface area contributed by atoms with Crippen molar-refractivity contribution >= 4 is 46.7 Å². The number of rotatable bonds is 7. The summed E-state index contributed by atoms with van der Waals surface area (Å²) < 4.78 is 6.22. The van der Waals surface area contributed by atoms with Gasteiger partial charge in [-0.1, -0.05) is 42.5 Å². The van der Waals surface area contributed by atoms with Gasteiger partial charge < -0.3 is 10.1 Å². The molecule has 6 nitrogen and oxygen atoms in total. The number of nitrogens with one attached hydrogen (secondary N) is 2. The molecule has 0 saturated carbocycles. The topological polar surface area (TPSA) is 79.8 Å². The Labute approximate surface area is 194 Å². The number of hydrazone groups is 1. The summed E-state index contributed by atoms with van der Waals surface area (Å²) in [5.74, 6) is -0.238. The first-order valence-corrected chi connectivity index (χ1v) is 10.4. The molecule has 2 amide bonds. The van der Waals surface area contributed by atoms with Crippen LogP contribution in [0.1, 0.15) is 21.5 Å². The zero-order chi connectivity index (χ0) is 22.1. The van der Waals surface area contributed by atoms with Crippen molar-refractivity contribution < 1.29 is 14.3 Å². The Balaban J connectivity index is 1.80. The Morgan fingerprint density at radius 2 is 1.68 bits per heavy atom. The van der Waals surface area contributed by atoms with E-state index in [0.29, 0.717) is 11.3 Å². The quantitative estimate of drug-likeness (QED) is 0.210. The van der Waals surface area contributed by atoms with Crippen molar-refractivity contribution in [3.05, 3.63) is 105 Å². The van der Waals surface area contributed by atoms with Gasteiger partial charge in [0.2, 0.25) is 0 Å². The molecule has 7 heteroatoms. The monoisotopic (exact) mass is 525 g/mol. The zero-order valence-electron chi connectivity index (χ0n) is 16.7. The molecule has 2 N–H and O–H groups in total. The molecule has 0 bridgehead atoms. The van der Waals surface area contributed by atoms with Gasteiger partial charge in [-0.2, -0.15) is 5.10 Å². The summed E-state index contributed by atoms with van der Waals surface area (Å²) in [6.07, 6.45) is 3.13. The van der Waals surface area contributed by atoms with Crippen LogP contribution in [0.3, 0.4) is 0 Å². The van der Waals surface area contributed by atoms with E-state index in [9.17, 15) is 9.59 Å². The molecule has 31 heavy (non-hydrogen) atoms. The van der Waals surface area contributed by atoms with Crippen LogP contribution in [0, 0.1) is 3.57 Å². The summed E-state index contributed by atoms with van der Waals surface area (Å²) in [4.78, 5) is 25.4. The molecule has 0 heterocycles. The summed E-state index contributed by atoms with van der Waals surface area (Å²) in [5, 5.41) is 6.68. The number of carbonyl (C=O) groups excluding carboxylic acids is 2. The minimum Gasteiger partial charge on any atom is -0.497 e. The number of ether oxygens (including phenoxy) is 1. The Kier molecular flexibility index (Phi) is 7.94. The van der Waals surface area contributed by atoms with Crippen molar-refractivity contribution in [2.45, 2.75) is 0 Å². The van der Waals surface area contributed by atoms with Crippen LogP contribution < -0.4 is 15.5 Å². The van der Waals surface area contributed by atoms with Gasteiger partial charge in [-0.05, 0) is 76.2 Å². The van der Waals surface area contributed by atoms with E-state index in [4.69, 9.17) is 4.74 Å². The molecule has 3 rings (SSSR count). The Bertz CT molecular complexity index is 1110. The molecule has 0 saturated heterocycles. The Morgan fingerprint density at radius 1 is 0.935 bits per heavy atom. The predicted octanol–water partition coefficient (Wildman–Crippen LogP) is 4.22. The van der Waals surface area contributed by atoms with Crippen LogP contribution in [0.25, 0.3) is 6.08 Å². The lowest BCUT2D eigenvalue weighted by molar-refractivity contribution is -0.117. The van der Waals surface area contributed by atoms with Gasteiger partial charge in [-0.15, -0.1) is 0 Å². The molecule has 0 spiro atoms. The van der Waals surface area contributed by atoms with Gasteiger partial charge in [0, 0.05) is 9.13 Å². The molecule has 3 aromatic carbocycles. The first kappa shape index (κ1) is 22.2. The zero-order valence-corrected chi connectivity index (χ0v) is 18.9. The second kappa shape index (κ2) is 11.1. The average Bonchev–Trinajstić information content (AvgIpc) is 2.79. The fraction of sp³-hybridized carbons (Fsp3) is 0.0417. The van der Waals surface area contributed by atoms with E-state index in [-0.39, 0.29) is 5.70 Å². The van der Waals surface area contributed by atoms with Crippen molar-refractivity contribution in [3.8, 4) is 5.75 Å². The molecule has 0 aliphatic rings. The number of methoxy groups -OCH3 is 1. The molecular weight excluding hydrogens is 505 g/mol. The number of hydrogen-bond donors (Lipinski definition) is 2. The first-order valence-electron chi connectivity index (χ1n) is 9.36. The molecule has 0 fully saturated rings. The molecule has 3 aromatic rings. The number of halogens is 1. The SMILES string of the molecule is COc1ccc(/C=C(\NC(=O)c2ccccc2)C(=O)N/N=C\c2cccc(I)c2)cc1. The van der Waals surface area contributed by atoms with E-state index in [1.54, 1.807) is 67.9 Å². The molecule has 0 aliphatic heterocycles. The van der Waals surface area contributed by atoms with Crippen molar-refractivity contribution in [1.29, 1.82) is 0 Å². The fourth-order valence-corrected chi connectivity index (χ4v) is 3.19. The summed E-state index contributed by atoms with van der Waals surface area (Å²) in [7, 11) is 1.58. The Hall–Kier alpha value is -3.46. The number of nitrogens with zero attached hydrogens (tertiary/aromatic N) is 1. The lowest BCUT2D eigenvalue weighted by Crippen LogP contribution is -2.32. The third-order valence-electron chi connectivity index (χ3n) is 4.18. The van der Waals surface area contributed by atoms with E-state index in [0.717, 1.165) is 14.7 Å². The highest BCUT2D eigenvalue weighted by Crippen LogP contribution is 2.14. The molecule has 156 valence electrons. The molecule has 0 radical (unpaired) electrons. The van der Waals surface area contributed by atoms with Crippen LogP contribution >= 0.6 is 22.6 Å². The second-order valence-electron chi connectivity index (χ2n) is 6.41. The molecule has 0 aromatic heterocycles. The number of carbonyl (C=O) groups is 2. The summed E-state index contributed by atoms with van der Waals surface area (Å²) >= 11 is 2.20. The molecule has 0 aliphatic carbocycles. The second-order valence-corrected chi connectivity index (χ2v) is 7.65. The molecule has 0 unspecified atom stereocenters. The van der Waals surface area contributed by atoms with Gasteiger partial charge in [0.1, 0.15) is 11.4 Å². The largest absolute Gasteiger partial charge is 0.497 e. The van der Waals surface area contributed by atoms with Crippen LogP contribution in [0.15, 0.2) is 89.7 Å². The van der Waals surface area contributed by atoms with E-state index < -0.39 is 11.8 Å². The van der Waals surface area contributed by atoms with Gasteiger partial charge in [-0.25, -0.2) is 5.43 Å². The average molecular weight is 525 g/mol. The third kappa shape index (κ3) is 6.78. The van der Waals surface area contributed by atoms with Crippen molar-refractivity contribution in [2.24, 2.45) is 5.10 Å². The first-order chi connectivity index (χ1) is 15.0. The number of hydrogen-bond acceptors (Lipinski definition) is 4. The number of amides is 2.